The van der Waals surface area contributed by atoms with E-state index >= 15 is 0 Å². The Morgan fingerprint density at radius 2 is 0.815 bits per heavy atom. The summed E-state index contributed by atoms with van der Waals surface area (Å²) in [7, 11) is 0. The third-order valence-corrected chi connectivity index (χ3v) is 5.72. The normalized spacial score (nSPS) is 13.9. The van der Waals surface area contributed by atoms with E-state index in [4.69, 9.17) is 12.6 Å². The molecule has 1 aliphatic heterocycles. The Balaban J connectivity index is 1.71. The van der Waals surface area contributed by atoms with Gasteiger partial charge in [0.1, 0.15) is 0 Å². The van der Waals surface area contributed by atoms with Gasteiger partial charge in [-0.25, -0.2) is 0 Å². The van der Waals surface area contributed by atoms with Crippen molar-refractivity contribution < 1.29 is 9.59 Å². The summed E-state index contributed by atoms with van der Waals surface area (Å²) in [5, 5.41) is 0. The fourth-order valence-corrected chi connectivity index (χ4v) is 3.88. The van der Waals surface area contributed by atoms with Crippen LogP contribution in [-0.2, 0) is 9.59 Å². The number of imide groups is 1. The number of rotatable bonds is 19. The monoisotopic (exact) mass is 394 g/mol. The molecule has 2 amide bonds. The Morgan fingerprint density at radius 3 is 1.15 bits per heavy atom. The Morgan fingerprint density at radius 1 is 0.519 bits per heavy atom. The predicted octanol–water partition coefficient (Wildman–Crippen LogP) is 6.74. The number of carbonyl (C=O) groups is 2. The van der Waals surface area contributed by atoms with Crippen LogP contribution in [0.15, 0.2) is 12.2 Å². The molecule has 0 fully saturated rings. The number of hydrogen-bond acceptors (Lipinski definition) is 2. The summed E-state index contributed by atoms with van der Waals surface area (Å²) in [5.41, 5.74) is 0. The van der Waals surface area contributed by atoms with Crippen molar-refractivity contribution in [2.24, 2.45) is 0 Å². The largest absolute Gasteiger partial charge is 0.275 e. The van der Waals surface area contributed by atoms with Gasteiger partial charge in [0, 0.05) is 24.4 Å². The quantitative estimate of drug-likeness (QED) is 0.180. The SMILES string of the molecule is O=C1C=CC(=O)N1CCCCCCCCCCCCCCCCCCC[S]. The van der Waals surface area contributed by atoms with Crippen LogP contribution in [-0.4, -0.2) is 29.0 Å². The molecule has 0 aromatic carbocycles. The molecule has 0 aliphatic carbocycles. The van der Waals surface area contributed by atoms with Crippen molar-refractivity contribution in [2.75, 3.05) is 12.3 Å². The highest BCUT2D eigenvalue weighted by molar-refractivity contribution is 7.80. The number of unbranched alkanes of at least 4 members (excludes halogenated alkanes) is 16. The topological polar surface area (TPSA) is 37.4 Å². The third-order valence-electron chi connectivity index (χ3n) is 5.43. The average Bonchev–Trinajstić information content (AvgIpc) is 2.99. The second-order valence-electron chi connectivity index (χ2n) is 7.88. The first-order valence-corrected chi connectivity index (χ1v) is 11.9. The van der Waals surface area contributed by atoms with E-state index in [1.54, 1.807) is 0 Å². The number of nitrogens with zero attached hydrogens (tertiary/aromatic N) is 1. The highest BCUT2D eigenvalue weighted by Crippen LogP contribution is 2.14. The Bertz CT molecular complexity index is 405. The van der Waals surface area contributed by atoms with Crippen LogP contribution in [0.2, 0.25) is 0 Å². The molecule has 155 valence electrons. The van der Waals surface area contributed by atoms with E-state index < -0.39 is 0 Å². The van der Waals surface area contributed by atoms with Gasteiger partial charge in [-0.3, -0.25) is 14.5 Å². The maximum Gasteiger partial charge on any atom is 0.253 e. The Kier molecular flexibility index (Phi) is 15.6. The summed E-state index contributed by atoms with van der Waals surface area (Å²) in [4.78, 5) is 24.2. The van der Waals surface area contributed by atoms with Gasteiger partial charge in [0.15, 0.2) is 0 Å². The highest BCUT2D eigenvalue weighted by atomic mass is 32.1. The molecule has 0 aromatic heterocycles. The smallest absolute Gasteiger partial charge is 0.253 e. The van der Waals surface area contributed by atoms with Gasteiger partial charge in [0.25, 0.3) is 11.8 Å². The first-order chi connectivity index (χ1) is 13.3. The minimum absolute atomic E-state index is 0.150. The molecule has 0 aromatic rings. The van der Waals surface area contributed by atoms with Crippen molar-refractivity contribution in [3.63, 3.8) is 0 Å². The van der Waals surface area contributed by atoms with Gasteiger partial charge < -0.3 is 0 Å². The second-order valence-corrected chi connectivity index (χ2v) is 8.28. The van der Waals surface area contributed by atoms with E-state index in [1.165, 1.54) is 113 Å². The zero-order valence-corrected chi connectivity index (χ0v) is 18.1. The van der Waals surface area contributed by atoms with Gasteiger partial charge in [0.05, 0.1) is 0 Å². The van der Waals surface area contributed by atoms with Crippen molar-refractivity contribution in [1.29, 1.82) is 0 Å². The van der Waals surface area contributed by atoms with Crippen molar-refractivity contribution in [3.8, 4) is 0 Å². The molecule has 1 heterocycles. The molecule has 0 N–H and O–H groups in total. The minimum Gasteiger partial charge on any atom is -0.275 e. The van der Waals surface area contributed by atoms with Gasteiger partial charge >= 0.3 is 0 Å². The van der Waals surface area contributed by atoms with Crippen LogP contribution in [0.25, 0.3) is 0 Å². The second kappa shape index (κ2) is 17.3. The van der Waals surface area contributed by atoms with Crippen molar-refractivity contribution >= 4 is 24.4 Å². The van der Waals surface area contributed by atoms with Gasteiger partial charge in [-0.1, -0.05) is 109 Å². The van der Waals surface area contributed by atoms with Crippen molar-refractivity contribution in [2.45, 2.75) is 109 Å². The number of hydrogen-bond donors (Lipinski definition) is 0. The van der Waals surface area contributed by atoms with E-state index in [-0.39, 0.29) is 11.8 Å². The fraction of sp³-hybridized carbons (Fsp3) is 0.826. The lowest BCUT2D eigenvalue weighted by Crippen LogP contribution is -2.30. The van der Waals surface area contributed by atoms with Crippen LogP contribution in [0.5, 0.6) is 0 Å². The Labute approximate surface area is 172 Å². The molecule has 0 atom stereocenters. The molecular formula is C23H40NO2S. The molecule has 0 unspecified atom stereocenters. The van der Waals surface area contributed by atoms with Crippen LogP contribution in [0.3, 0.4) is 0 Å². The molecule has 4 heteroatoms. The first kappa shape index (κ1) is 24.3. The molecule has 27 heavy (non-hydrogen) atoms. The fourth-order valence-electron chi connectivity index (χ4n) is 3.68. The van der Waals surface area contributed by atoms with Crippen LogP contribution < -0.4 is 0 Å². The van der Waals surface area contributed by atoms with Crippen molar-refractivity contribution in [1.82, 2.24) is 4.90 Å². The number of amides is 2. The summed E-state index contributed by atoms with van der Waals surface area (Å²) < 4.78 is 0. The van der Waals surface area contributed by atoms with E-state index in [2.05, 4.69) is 0 Å². The molecule has 0 saturated carbocycles. The molecule has 0 saturated heterocycles. The molecule has 1 aliphatic rings. The Hall–Kier alpha value is -0.770. The summed E-state index contributed by atoms with van der Waals surface area (Å²) in [6.07, 6.45) is 25.1. The van der Waals surface area contributed by atoms with Gasteiger partial charge in [-0.15, -0.1) is 0 Å². The minimum atomic E-state index is -0.150. The zero-order valence-electron chi connectivity index (χ0n) is 17.3. The van der Waals surface area contributed by atoms with E-state index in [0.29, 0.717) is 6.54 Å². The van der Waals surface area contributed by atoms with Gasteiger partial charge in [-0.05, 0) is 12.8 Å². The van der Waals surface area contributed by atoms with E-state index in [0.717, 1.165) is 18.6 Å². The lowest BCUT2D eigenvalue weighted by molar-refractivity contribution is -0.136. The molecule has 1 radical (unpaired) electrons. The maximum atomic E-state index is 11.4. The summed E-state index contributed by atoms with van der Waals surface area (Å²) in [6, 6.07) is 0. The predicted molar refractivity (Wildman–Crippen MR) is 117 cm³/mol. The third kappa shape index (κ3) is 13.1. The maximum absolute atomic E-state index is 11.4. The summed E-state index contributed by atoms with van der Waals surface area (Å²) in [6.45, 7) is 0.583. The standard InChI is InChI=1S/C23H40NO2S/c25-22-18-19-23(26)24(22)20-16-14-12-10-8-6-4-2-1-3-5-7-9-11-13-15-17-21-27/h18-19H,1-17,20-21H2. The molecular weight excluding hydrogens is 354 g/mol. The molecule has 1 rings (SSSR count). The summed E-state index contributed by atoms with van der Waals surface area (Å²) >= 11 is 4.96. The van der Waals surface area contributed by atoms with E-state index in [9.17, 15) is 9.59 Å². The molecule has 0 spiro atoms. The lowest BCUT2D eigenvalue weighted by Gasteiger charge is -2.12. The van der Waals surface area contributed by atoms with E-state index in [1.807, 2.05) is 0 Å². The zero-order chi connectivity index (χ0) is 19.6. The number of carbonyl (C=O) groups excluding carboxylic acids is 2. The van der Waals surface area contributed by atoms with Gasteiger partial charge in [-0.2, -0.15) is 0 Å². The first-order valence-electron chi connectivity index (χ1n) is 11.4. The summed E-state index contributed by atoms with van der Waals surface area (Å²) in [5.74, 6) is 0.632. The highest BCUT2D eigenvalue weighted by Gasteiger charge is 2.21. The average molecular weight is 395 g/mol. The van der Waals surface area contributed by atoms with Crippen LogP contribution in [0.4, 0.5) is 0 Å². The van der Waals surface area contributed by atoms with Crippen molar-refractivity contribution in [3.05, 3.63) is 12.2 Å². The molecule has 0 bridgehead atoms. The van der Waals surface area contributed by atoms with Crippen LogP contribution >= 0.6 is 12.6 Å². The lowest BCUT2D eigenvalue weighted by atomic mass is 10.0. The van der Waals surface area contributed by atoms with Crippen LogP contribution in [0, 0.1) is 0 Å². The molecule has 3 nitrogen and oxygen atoms in total. The van der Waals surface area contributed by atoms with Gasteiger partial charge in [0.2, 0.25) is 0 Å². The van der Waals surface area contributed by atoms with Crippen LogP contribution in [0.1, 0.15) is 109 Å².